The molecule has 1 atom stereocenters. The lowest BCUT2D eigenvalue weighted by Crippen LogP contribution is -2.09. The van der Waals surface area contributed by atoms with E-state index < -0.39 is 0 Å². The Balaban J connectivity index is 1.99. The molecule has 0 heterocycles. The highest BCUT2D eigenvalue weighted by Gasteiger charge is 2.26. The zero-order valence-corrected chi connectivity index (χ0v) is 8.57. The van der Waals surface area contributed by atoms with Gasteiger partial charge in [0.15, 0.2) is 0 Å². The summed E-state index contributed by atoms with van der Waals surface area (Å²) in [5.74, 6) is 1.18. The van der Waals surface area contributed by atoms with Crippen LogP contribution in [0.4, 0.5) is 0 Å². The lowest BCUT2D eigenvalue weighted by molar-refractivity contribution is -0.120. The van der Waals surface area contributed by atoms with Crippen molar-refractivity contribution in [3.8, 4) is 0 Å². The molecule has 1 aliphatic carbocycles. The third-order valence-corrected chi connectivity index (χ3v) is 2.97. The molecule has 0 spiro atoms. The molecule has 1 aromatic carbocycles. The van der Waals surface area contributed by atoms with Crippen LogP contribution in [0.15, 0.2) is 30.3 Å². The molecule has 0 N–H and O–H groups in total. The summed E-state index contributed by atoms with van der Waals surface area (Å²) in [5, 5.41) is 0. The first-order chi connectivity index (χ1) is 6.77. The predicted octanol–water partition coefficient (Wildman–Crippen LogP) is 3.16. The molecule has 0 bridgehead atoms. The van der Waals surface area contributed by atoms with Gasteiger partial charge in [-0.1, -0.05) is 37.3 Å². The summed E-state index contributed by atoms with van der Waals surface area (Å²) in [6, 6.07) is 10.1. The Bertz CT molecular complexity index is 311. The molecule has 1 saturated carbocycles. The fourth-order valence-electron chi connectivity index (χ4n) is 1.71. The summed E-state index contributed by atoms with van der Waals surface area (Å²) in [6.45, 7) is 2.01. The number of hydrogen-bond donors (Lipinski definition) is 0. The molecule has 1 unspecified atom stereocenters. The topological polar surface area (TPSA) is 17.1 Å². The van der Waals surface area contributed by atoms with Crippen molar-refractivity contribution in [2.45, 2.75) is 32.1 Å². The molecule has 0 amide bonds. The molecule has 0 aliphatic heterocycles. The minimum Gasteiger partial charge on any atom is -0.299 e. The Morgan fingerprint density at radius 1 is 1.36 bits per heavy atom. The van der Waals surface area contributed by atoms with Crippen molar-refractivity contribution >= 4 is 5.78 Å². The van der Waals surface area contributed by atoms with Crippen LogP contribution in [0.25, 0.3) is 0 Å². The summed E-state index contributed by atoms with van der Waals surface area (Å²) in [6.07, 6.45) is 3.30. The van der Waals surface area contributed by atoms with Crippen LogP contribution in [0.3, 0.4) is 0 Å². The molecule has 0 saturated heterocycles. The van der Waals surface area contributed by atoms with Gasteiger partial charge in [-0.3, -0.25) is 4.79 Å². The molecule has 1 aromatic rings. The fraction of sp³-hybridized carbons (Fsp3) is 0.462. The Labute approximate surface area is 85.1 Å². The van der Waals surface area contributed by atoms with Crippen molar-refractivity contribution in [1.82, 2.24) is 0 Å². The first kappa shape index (κ1) is 9.45. The molecule has 74 valence electrons. The van der Waals surface area contributed by atoms with E-state index in [-0.39, 0.29) is 5.92 Å². The predicted molar refractivity (Wildman–Crippen MR) is 57.2 cm³/mol. The van der Waals surface area contributed by atoms with Crippen LogP contribution >= 0.6 is 0 Å². The third-order valence-electron chi connectivity index (χ3n) is 2.97. The largest absolute Gasteiger partial charge is 0.299 e. The highest BCUT2D eigenvalue weighted by Crippen LogP contribution is 2.34. The molecule has 0 radical (unpaired) electrons. The maximum absolute atomic E-state index is 11.8. The van der Waals surface area contributed by atoms with E-state index in [4.69, 9.17) is 0 Å². The van der Waals surface area contributed by atoms with E-state index in [0.29, 0.717) is 11.7 Å². The van der Waals surface area contributed by atoms with Crippen molar-refractivity contribution in [2.24, 2.45) is 5.92 Å². The van der Waals surface area contributed by atoms with Gasteiger partial charge in [-0.25, -0.2) is 0 Å². The monoisotopic (exact) mass is 188 g/mol. The number of rotatable bonds is 4. The highest BCUT2D eigenvalue weighted by molar-refractivity contribution is 5.85. The van der Waals surface area contributed by atoms with Crippen LogP contribution in [0, 0.1) is 5.92 Å². The van der Waals surface area contributed by atoms with Gasteiger partial charge < -0.3 is 0 Å². The second-order valence-corrected chi connectivity index (χ2v) is 4.25. The van der Waals surface area contributed by atoms with Crippen molar-refractivity contribution in [1.29, 1.82) is 0 Å². The van der Waals surface area contributed by atoms with E-state index in [1.54, 1.807) is 0 Å². The van der Waals surface area contributed by atoms with Gasteiger partial charge in [-0.05, 0) is 24.3 Å². The zero-order chi connectivity index (χ0) is 9.97. The summed E-state index contributed by atoms with van der Waals surface area (Å²) < 4.78 is 0. The fourth-order valence-corrected chi connectivity index (χ4v) is 1.71. The number of ketones is 1. The first-order valence-corrected chi connectivity index (χ1v) is 5.35. The lowest BCUT2D eigenvalue weighted by atomic mass is 9.94. The first-order valence-electron chi connectivity index (χ1n) is 5.35. The average Bonchev–Trinajstić information content (AvgIpc) is 3.02. The molecule has 1 heteroatoms. The van der Waals surface area contributed by atoms with Gasteiger partial charge in [0.1, 0.15) is 5.78 Å². The highest BCUT2D eigenvalue weighted by atomic mass is 16.1. The van der Waals surface area contributed by atoms with Gasteiger partial charge in [0.2, 0.25) is 0 Å². The van der Waals surface area contributed by atoms with Crippen LogP contribution < -0.4 is 0 Å². The van der Waals surface area contributed by atoms with Gasteiger partial charge in [-0.15, -0.1) is 0 Å². The van der Waals surface area contributed by atoms with Crippen molar-refractivity contribution in [3.05, 3.63) is 35.9 Å². The maximum atomic E-state index is 11.8. The van der Waals surface area contributed by atoms with Crippen LogP contribution in [0.5, 0.6) is 0 Å². The molecule has 1 aliphatic rings. The van der Waals surface area contributed by atoms with Gasteiger partial charge in [0.05, 0.1) is 0 Å². The Hall–Kier alpha value is -1.11. The summed E-state index contributed by atoms with van der Waals surface area (Å²) in [4.78, 5) is 11.8. The maximum Gasteiger partial charge on any atom is 0.140 e. The Kier molecular flexibility index (Phi) is 2.67. The van der Waals surface area contributed by atoms with E-state index in [1.165, 1.54) is 12.8 Å². The number of carbonyl (C=O) groups excluding carboxylic acids is 1. The van der Waals surface area contributed by atoms with E-state index in [0.717, 1.165) is 12.0 Å². The van der Waals surface area contributed by atoms with E-state index >= 15 is 0 Å². The van der Waals surface area contributed by atoms with Gasteiger partial charge >= 0.3 is 0 Å². The quantitative estimate of drug-likeness (QED) is 0.709. The van der Waals surface area contributed by atoms with Gasteiger partial charge in [0, 0.05) is 12.3 Å². The summed E-state index contributed by atoms with van der Waals surface area (Å²) >= 11 is 0. The molecular weight excluding hydrogens is 172 g/mol. The number of Topliss-reactive ketones (excluding diaryl/α,β-unsaturated/α-hetero) is 1. The number of hydrogen-bond acceptors (Lipinski definition) is 1. The SMILES string of the molecule is CC(C(=O)CC1CC1)c1ccccc1. The van der Waals surface area contributed by atoms with E-state index in [2.05, 4.69) is 0 Å². The zero-order valence-electron chi connectivity index (χ0n) is 8.57. The Morgan fingerprint density at radius 2 is 2.00 bits per heavy atom. The summed E-state index contributed by atoms with van der Waals surface area (Å²) in [5.41, 5.74) is 1.15. The van der Waals surface area contributed by atoms with Crippen LogP contribution in [-0.4, -0.2) is 5.78 Å². The minimum atomic E-state index is 0.0804. The third kappa shape index (κ3) is 2.22. The second kappa shape index (κ2) is 3.95. The molecule has 2 rings (SSSR count). The lowest BCUT2D eigenvalue weighted by Gasteiger charge is -2.09. The van der Waals surface area contributed by atoms with Gasteiger partial charge in [0.25, 0.3) is 0 Å². The van der Waals surface area contributed by atoms with Crippen molar-refractivity contribution < 1.29 is 4.79 Å². The van der Waals surface area contributed by atoms with E-state index in [9.17, 15) is 4.79 Å². The molecule has 14 heavy (non-hydrogen) atoms. The molecule has 0 aromatic heterocycles. The van der Waals surface area contributed by atoms with Crippen LogP contribution in [0.1, 0.15) is 37.7 Å². The van der Waals surface area contributed by atoms with E-state index in [1.807, 2.05) is 37.3 Å². The van der Waals surface area contributed by atoms with Crippen LogP contribution in [0.2, 0.25) is 0 Å². The standard InChI is InChI=1S/C13H16O/c1-10(12-5-3-2-4-6-12)13(14)9-11-7-8-11/h2-6,10-11H,7-9H2,1H3. The molecule has 1 nitrogen and oxygen atoms in total. The van der Waals surface area contributed by atoms with Crippen LogP contribution in [-0.2, 0) is 4.79 Å². The molecular formula is C13H16O. The van der Waals surface area contributed by atoms with Crippen molar-refractivity contribution in [3.63, 3.8) is 0 Å². The normalized spacial score (nSPS) is 17.8. The number of carbonyl (C=O) groups is 1. The average molecular weight is 188 g/mol. The van der Waals surface area contributed by atoms with Gasteiger partial charge in [-0.2, -0.15) is 0 Å². The van der Waals surface area contributed by atoms with Crippen molar-refractivity contribution in [2.75, 3.05) is 0 Å². The smallest absolute Gasteiger partial charge is 0.140 e. The minimum absolute atomic E-state index is 0.0804. The molecule has 1 fully saturated rings. The Morgan fingerprint density at radius 3 is 2.57 bits per heavy atom. The number of benzene rings is 1. The second-order valence-electron chi connectivity index (χ2n) is 4.25. The summed E-state index contributed by atoms with van der Waals surface area (Å²) in [7, 11) is 0.